The Morgan fingerprint density at radius 1 is 1.32 bits per heavy atom. The fraction of sp³-hybridized carbons (Fsp3) is 0.381. The molecule has 1 aliphatic rings. The van der Waals surface area contributed by atoms with E-state index in [4.69, 9.17) is 4.42 Å². The number of carbonyl (C=O) groups excluding carboxylic acids is 1. The van der Waals surface area contributed by atoms with Gasteiger partial charge >= 0.3 is 0 Å². The Morgan fingerprint density at radius 3 is 2.93 bits per heavy atom. The lowest BCUT2D eigenvalue weighted by atomic mass is 9.90. The number of rotatable bonds is 6. The van der Waals surface area contributed by atoms with Crippen LogP contribution in [-0.4, -0.2) is 21.9 Å². The Bertz CT molecular complexity index is 962. The van der Waals surface area contributed by atoms with Crippen LogP contribution in [0.3, 0.4) is 0 Å². The van der Waals surface area contributed by atoms with Gasteiger partial charge in [-0.2, -0.15) is 0 Å². The van der Waals surface area contributed by atoms with Crippen LogP contribution in [0.1, 0.15) is 36.3 Å². The number of hydrogen-bond donors (Lipinski definition) is 1. The third-order valence-electron chi connectivity index (χ3n) is 4.92. The highest BCUT2D eigenvalue weighted by Gasteiger charge is 2.21. The van der Waals surface area contributed by atoms with E-state index >= 15 is 0 Å². The van der Waals surface area contributed by atoms with Crippen molar-refractivity contribution in [3.05, 3.63) is 46.3 Å². The highest BCUT2D eigenvalue weighted by atomic mass is 32.2. The number of nitrogens with one attached hydrogen (secondary N) is 1. The second-order valence-electron chi connectivity index (χ2n) is 7.17. The van der Waals surface area contributed by atoms with E-state index in [1.54, 1.807) is 11.3 Å². The molecule has 0 bridgehead atoms. The van der Waals surface area contributed by atoms with E-state index in [0.717, 1.165) is 35.7 Å². The maximum Gasteiger partial charge on any atom is 0.277 e. The highest BCUT2D eigenvalue weighted by Crippen LogP contribution is 2.37. The first kappa shape index (κ1) is 19.2. The Hall–Kier alpha value is -2.12. The fourth-order valence-electron chi connectivity index (χ4n) is 3.33. The highest BCUT2D eigenvalue weighted by molar-refractivity contribution is 7.99. The molecule has 0 saturated heterocycles. The number of thiophene rings is 1. The van der Waals surface area contributed by atoms with Crippen molar-refractivity contribution in [3.63, 3.8) is 0 Å². The molecule has 0 spiro atoms. The van der Waals surface area contributed by atoms with Crippen molar-refractivity contribution >= 4 is 34.7 Å². The van der Waals surface area contributed by atoms with Gasteiger partial charge < -0.3 is 9.73 Å². The summed E-state index contributed by atoms with van der Waals surface area (Å²) in [6.45, 7) is 4.40. The second-order valence-corrected chi connectivity index (χ2v) is 9.23. The minimum absolute atomic E-state index is 0.0884. The van der Waals surface area contributed by atoms with Gasteiger partial charge in [0.1, 0.15) is 0 Å². The normalized spacial score (nSPS) is 16.0. The van der Waals surface area contributed by atoms with Gasteiger partial charge in [0.15, 0.2) is 0 Å². The molecule has 0 unspecified atom stereocenters. The molecule has 1 N–H and O–H groups in total. The SMILES string of the molecule is CCc1ccc(NC(=O)CSc2nnc(-c3cc4c(s3)CC[C@H](C)C4)o2)cc1. The summed E-state index contributed by atoms with van der Waals surface area (Å²) in [6, 6.07) is 10.1. The molecule has 1 aromatic carbocycles. The minimum atomic E-state index is -0.0884. The van der Waals surface area contributed by atoms with Crippen molar-refractivity contribution in [2.24, 2.45) is 5.92 Å². The smallest absolute Gasteiger partial charge is 0.277 e. The van der Waals surface area contributed by atoms with Gasteiger partial charge in [0.25, 0.3) is 11.1 Å². The predicted octanol–water partition coefficient (Wildman–Crippen LogP) is 5.22. The van der Waals surface area contributed by atoms with Crippen molar-refractivity contribution in [1.82, 2.24) is 10.2 Å². The Labute approximate surface area is 173 Å². The topological polar surface area (TPSA) is 68.0 Å². The van der Waals surface area contributed by atoms with Crippen LogP contribution in [0.5, 0.6) is 0 Å². The first-order valence-corrected chi connectivity index (χ1v) is 11.4. The summed E-state index contributed by atoms with van der Waals surface area (Å²) in [5.74, 6) is 1.43. The standard InChI is InChI=1S/C21H23N3O2S2/c1-3-14-5-7-16(8-6-14)22-19(25)12-27-21-24-23-20(26-21)18-11-15-10-13(2)4-9-17(15)28-18/h5-8,11,13H,3-4,9-10,12H2,1-2H3,(H,22,25)/t13-/m0/s1. The van der Waals surface area contributed by atoms with Crippen LogP contribution in [0.15, 0.2) is 40.0 Å². The molecule has 0 saturated carbocycles. The lowest BCUT2D eigenvalue weighted by Crippen LogP contribution is -2.13. The maximum absolute atomic E-state index is 12.2. The number of fused-ring (bicyclic) bond motifs is 1. The molecule has 1 atom stereocenters. The van der Waals surface area contributed by atoms with E-state index in [0.29, 0.717) is 11.1 Å². The van der Waals surface area contributed by atoms with Gasteiger partial charge in [-0.25, -0.2) is 0 Å². The van der Waals surface area contributed by atoms with Gasteiger partial charge in [-0.3, -0.25) is 4.79 Å². The van der Waals surface area contributed by atoms with Crippen LogP contribution >= 0.6 is 23.1 Å². The van der Waals surface area contributed by atoms with Crippen LogP contribution in [0.2, 0.25) is 0 Å². The Kier molecular flexibility index (Phi) is 5.82. The van der Waals surface area contributed by atoms with Crippen molar-refractivity contribution in [2.75, 3.05) is 11.1 Å². The average molecular weight is 414 g/mol. The molecular weight excluding hydrogens is 390 g/mol. The fourth-order valence-corrected chi connectivity index (χ4v) is 5.02. The number of aromatic nitrogens is 2. The molecular formula is C21H23N3O2S2. The monoisotopic (exact) mass is 413 g/mol. The van der Waals surface area contributed by atoms with Crippen molar-refractivity contribution < 1.29 is 9.21 Å². The number of carbonyl (C=O) groups is 1. The van der Waals surface area contributed by atoms with Crippen molar-refractivity contribution in [1.29, 1.82) is 0 Å². The third kappa shape index (κ3) is 4.47. The number of anilines is 1. The summed E-state index contributed by atoms with van der Waals surface area (Å²) in [5, 5.41) is 11.6. The summed E-state index contributed by atoms with van der Waals surface area (Å²) in [6.07, 6.45) is 4.49. The molecule has 2 aromatic heterocycles. The number of hydrogen-bond acceptors (Lipinski definition) is 6. The molecule has 28 heavy (non-hydrogen) atoms. The molecule has 0 radical (unpaired) electrons. The van der Waals surface area contributed by atoms with E-state index in [2.05, 4.69) is 35.4 Å². The third-order valence-corrected chi connectivity index (χ3v) is 6.96. The lowest BCUT2D eigenvalue weighted by Gasteiger charge is -2.16. The largest absolute Gasteiger partial charge is 0.410 e. The van der Waals surface area contributed by atoms with E-state index in [1.807, 2.05) is 24.3 Å². The summed E-state index contributed by atoms with van der Waals surface area (Å²) in [4.78, 5) is 14.6. The zero-order chi connectivity index (χ0) is 19.5. The van der Waals surface area contributed by atoms with Gasteiger partial charge in [0.05, 0.1) is 10.6 Å². The van der Waals surface area contributed by atoms with E-state index in [9.17, 15) is 4.79 Å². The number of benzene rings is 1. The maximum atomic E-state index is 12.2. The first-order chi connectivity index (χ1) is 13.6. The minimum Gasteiger partial charge on any atom is -0.410 e. The molecule has 1 aliphatic carbocycles. The van der Waals surface area contributed by atoms with Crippen LogP contribution < -0.4 is 5.32 Å². The molecule has 4 rings (SSSR count). The molecule has 0 fully saturated rings. The molecule has 5 nitrogen and oxygen atoms in total. The van der Waals surface area contributed by atoms with Gasteiger partial charge in [-0.1, -0.05) is 37.7 Å². The van der Waals surface area contributed by atoms with E-state index in [-0.39, 0.29) is 11.7 Å². The number of thioether (sulfide) groups is 1. The second kappa shape index (κ2) is 8.49. The predicted molar refractivity (Wildman–Crippen MR) is 114 cm³/mol. The molecule has 1 amide bonds. The van der Waals surface area contributed by atoms with E-state index in [1.165, 1.54) is 34.2 Å². The van der Waals surface area contributed by atoms with Crippen molar-refractivity contribution in [3.8, 4) is 10.8 Å². The summed E-state index contributed by atoms with van der Waals surface area (Å²) >= 11 is 3.01. The Morgan fingerprint density at radius 2 is 2.14 bits per heavy atom. The number of nitrogens with zero attached hydrogens (tertiary/aromatic N) is 2. The molecule has 0 aliphatic heterocycles. The summed E-state index contributed by atoms with van der Waals surface area (Å²) < 4.78 is 5.78. The van der Waals surface area contributed by atoms with Crippen molar-refractivity contribution in [2.45, 2.75) is 44.8 Å². The molecule has 146 valence electrons. The average Bonchev–Trinajstić information content (AvgIpc) is 3.33. The zero-order valence-electron chi connectivity index (χ0n) is 16.0. The van der Waals surface area contributed by atoms with Crippen LogP contribution in [0.4, 0.5) is 5.69 Å². The van der Waals surface area contributed by atoms with Crippen LogP contribution in [0.25, 0.3) is 10.8 Å². The number of amides is 1. The van der Waals surface area contributed by atoms with Crippen LogP contribution in [0, 0.1) is 5.92 Å². The first-order valence-electron chi connectivity index (χ1n) is 9.57. The van der Waals surface area contributed by atoms with Gasteiger partial charge in [-0.05, 0) is 60.9 Å². The van der Waals surface area contributed by atoms with Gasteiger partial charge in [-0.15, -0.1) is 21.5 Å². The van der Waals surface area contributed by atoms with Gasteiger partial charge in [0, 0.05) is 10.6 Å². The van der Waals surface area contributed by atoms with Crippen LogP contribution in [-0.2, 0) is 24.1 Å². The Balaban J connectivity index is 1.34. The summed E-state index contributed by atoms with van der Waals surface area (Å²) in [7, 11) is 0. The lowest BCUT2D eigenvalue weighted by molar-refractivity contribution is -0.113. The quantitative estimate of drug-likeness (QED) is 0.562. The molecule has 7 heteroatoms. The van der Waals surface area contributed by atoms with E-state index < -0.39 is 0 Å². The molecule has 2 heterocycles. The van der Waals surface area contributed by atoms with Gasteiger partial charge in [0.2, 0.25) is 5.91 Å². The number of aryl methyl sites for hydroxylation is 2. The summed E-state index contributed by atoms with van der Waals surface area (Å²) in [5.41, 5.74) is 3.46. The zero-order valence-corrected chi connectivity index (χ0v) is 17.7. The molecule has 3 aromatic rings.